The van der Waals surface area contributed by atoms with Crippen molar-refractivity contribution >= 4 is 34.9 Å². The van der Waals surface area contributed by atoms with Crippen molar-refractivity contribution in [3.63, 3.8) is 0 Å². The van der Waals surface area contributed by atoms with Crippen LogP contribution in [-0.2, 0) is 12.8 Å². The third-order valence-electron chi connectivity index (χ3n) is 10.9. The number of carboxylic acids is 1. The van der Waals surface area contributed by atoms with Gasteiger partial charge in [-0.2, -0.15) is 0 Å². The number of aromatic amines is 2. The van der Waals surface area contributed by atoms with E-state index in [0.717, 1.165) is 85.9 Å². The molecule has 3 aliphatic rings. The van der Waals surface area contributed by atoms with E-state index in [1.54, 1.807) is 6.07 Å². The number of carbonyl (C=O) groups is 2. The smallest absolute Gasteiger partial charge is 0.352 e. The topological polar surface area (TPSA) is 108 Å². The number of benzene rings is 3. The lowest BCUT2D eigenvalue weighted by molar-refractivity contribution is 0.0681. The van der Waals surface area contributed by atoms with E-state index in [9.17, 15) is 9.59 Å². The molecule has 304 valence electrons. The van der Waals surface area contributed by atoms with Crippen LogP contribution in [0, 0.1) is 0 Å². The van der Waals surface area contributed by atoms with Gasteiger partial charge < -0.3 is 35.1 Å². The van der Waals surface area contributed by atoms with Crippen molar-refractivity contribution < 1.29 is 14.7 Å². The monoisotopic (exact) mass is 773 g/mol. The molecule has 2 fully saturated rings. The molecule has 57 heavy (non-hydrogen) atoms. The van der Waals surface area contributed by atoms with Crippen LogP contribution in [0.25, 0.3) is 23.1 Å². The number of nitrogens with one attached hydrogen (secondary N) is 3. The van der Waals surface area contributed by atoms with E-state index in [1.807, 2.05) is 55.2 Å². The van der Waals surface area contributed by atoms with Crippen LogP contribution in [0.5, 0.6) is 0 Å². The molecule has 0 radical (unpaired) electrons. The standard InChI is InChI=1S/C23H27N3O.C14H22N2.C9H9NO2.C2H6/c1-2-26(23(27)22-16-19-10-6-7-11-21(19)24-22)20-13-15-25(17-20)14-12-18-8-4-3-5-9-18;1-2-15-14-9-11-16(12-14)10-8-13-6-4-3-5-7-13;11-9(12)8-5-6-3-1-2-4-7(6)10-8;1-2/h3-11,16,20,24H,2,12-15,17H2,1H3;3-7,14-15H,2,8-12H2,1H3;3-5,10H,1-2H2,(H,11,12);1-2H3. The zero-order valence-electron chi connectivity index (χ0n) is 34.6. The number of aromatic carboxylic acids is 1. The maximum atomic E-state index is 13.1. The maximum absolute atomic E-state index is 13.1. The Labute approximate surface area is 339 Å². The molecule has 2 aromatic heterocycles. The minimum absolute atomic E-state index is 0.114. The first-order chi connectivity index (χ1) is 27.9. The first-order valence-corrected chi connectivity index (χ1v) is 21.2. The molecule has 2 aliphatic heterocycles. The molecular weight excluding hydrogens is 709 g/mol. The maximum Gasteiger partial charge on any atom is 0.352 e. The van der Waals surface area contributed by atoms with Crippen LogP contribution in [0.2, 0.25) is 0 Å². The summed E-state index contributed by atoms with van der Waals surface area (Å²) in [5, 5.41) is 15.3. The molecule has 4 heterocycles. The number of rotatable bonds is 12. The second-order valence-corrected chi connectivity index (χ2v) is 14.8. The first-order valence-electron chi connectivity index (χ1n) is 21.2. The minimum Gasteiger partial charge on any atom is -0.477 e. The summed E-state index contributed by atoms with van der Waals surface area (Å²) >= 11 is 0. The van der Waals surface area contributed by atoms with Crippen LogP contribution in [0.4, 0.5) is 0 Å². The van der Waals surface area contributed by atoms with Gasteiger partial charge in [0.2, 0.25) is 0 Å². The Hall–Kier alpha value is -4.96. The minimum atomic E-state index is -0.897. The third-order valence-corrected chi connectivity index (χ3v) is 10.9. The number of hydrogen-bond donors (Lipinski definition) is 4. The Morgan fingerprint density at radius 3 is 1.98 bits per heavy atom. The van der Waals surface area contributed by atoms with Gasteiger partial charge in [0, 0.05) is 67.6 Å². The average Bonchev–Trinajstić information content (AvgIpc) is 4.09. The second kappa shape index (κ2) is 22.7. The van der Waals surface area contributed by atoms with Crippen LogP contribution in [0.1, 0.15) is 85.5 Å². The van der Waals surface area contributed by atoms with E-state index in [1.165, 1.54) is 43.6 Å². The molecule has 3 aromatic carbocycles. The van der Waals surface area contributed by atoms with Gasteiger partial charge in [0.25, 0.3) is 5.91 Å². The van der Waals surface area contributed by atoms with Crippen LogP contribution in [-0.4, -0.2) is 106 Å². The van der Waals surface area contributed by atoms with E-state index in [0.29, 0.717) is 11.7 Å². The van der Waals surface area contributed by atoms with Gasteiger partial charge in [-0.3, -0.25) is 4.79 Å². The fourth-order valence-corrected chi connectivity index (χ4v) is 7.94. The van der Waals surface area contributed by atoms with E-state index in [-0.39, 0.29) is 11.6 Å². The molecule has 0 spiro atoms. The molecule has 0 bridgehead atoms. The molecule has 4 N–H and O–H groups in total. The number of likely N-dealkylation sites (tertiary alicyclic amines) is 2. The highest BCUT2D eigenvalue weighted by molar-refractivity contribution is 5.98. The molecule has 2 saturated heterocycles. The number of nitrogens with zero attached hydrogens (tertiary/aromatic N) is 3. The zero-order valence-corrected chi connectivity index (χ0v) is 34.6. The molecule has 9 heteroatoms. The van der Waals surface area contributed by atoms with Gasteiger partial charge in [-0.25, -0.2) is 4.79 Å². The van der Waals surface area contributed by atoms with Crippen molar-refractivity contribution in [2.75, 3.05) is 52.4 Å². The summed E-state index contributed by atoms with van der Waals surface area (Å²) in [6, 6.07) is 34.1. The van der Waals surface area contributed by atoms with E-state index in [2.05, 4.69) is 106 Å². The number of amides is 1. The molecule has 9 nitrogen and oxygen atoms in total. The predicted octanol–water partition coefficient (Wildman–Crippen LogP) is 6.95. The summed E-state index contributed by atoms with van der Waals surface area (Å²) in [5.41, 5.74) is 4.82. The van der Waals surface area contributed by atoms with Crippen molar-refractivity contribution in [2.45, 2.75) is 78.3 Å². The van der Waals surface area contributed by atoms with Crippen molar-refractivity contribution in [1.82, 2.24) is 30.0 Å². The average molecular weight is 773 g/mol. The summed E-state index contributed by atoms with van der Waals surface area (Å²) in [5.74, 6) is -0.783. The Kier molecular flexibility index (Phi) is 17.2. The van der Waals surface area contributed by atoms with E-state index < -0.39 is 5.97 Å². The third kappa shape index (κ3) is 12.8. The molecule has 1 aliphatic carbocycles. The fourth-order valence-electron chi connectivity index (χ4n) is 7.94. The zero-order chi connectivity index (χ0) is 40.4. The van der Waals surface area contributed by atoms with Crippen molar-refractivity contribution in [3.05, 3.63) is 130 Å². The quantitative estimate of drug-likeness (QED) is 0.109. The molecule has 1 amide bonds. The number of hydrogen-bond acceptors (Lipinski definition) is 5. The molecular formula is C48H64N6O3. The van der Waals surface area contributed by atoms with Crippen molar-refractivity contribution in [1.29, 1.82) is 0 Å². The number of carboxylic acid groups (broad SMARTS) is 1. The Bertz CT molecular complexity index is 2010. The normalized spacial score (nSPS) is 17.4. The van der Waals surface area contributed by atoms with Crippen molar-refractivity contribution in [2.24, 2.45) is 0 Å². The number of H-pyrrole nitrogens is 2. The molecule has 2 unspecified atom stereocenters. The first kappa shape index (κ1) is 43.2. The van der Waals surface area contributed by atoms with Crippen molar-refractivity contribution in [3.8, 4) is 0 Å². The number of carbonyl (C=O) groups excluding carboxylic acids is 1. The van der Waals surface area contributed by atoms with Crippen LogP contribution < -0.4 is 15.9 Å². The summed E-state index contributed by atoms with van der Waals surface area (Å²) in [7, 11) is 0. The lowest BCUT2D eigenvalue weighted by atomic mass is 10.1. The fraction of sp³-hybridized carbons (Fsp3) is 0.417. The molecule has 0 saturated carbocycles. The number of para-hydroxylation sites is 1. The highest BCUT2D eigenvalue weighted by Gasteiger charge is 2.30. The van der Waals surface area contributed by atoms with Gasteiger partial charge in [0.05, 0.1) is 0 Å². The van der Waals surface area contributed by atoms with Crippen LogP contribution >= 0.6 is 0 Å². The summed E-state index contributed by atoms with van der Waals surface area (Å²) in [6.07, 6.45) is 10.7. The lowest BCUT2D eigenvalue weighted by Gasteiger charge is -2.27. The predicted molar refractivity (Wildman–Crippen MR) is 235 cm³/mol. The van der Waals surface area contributed by atoms with Gasteiger partial charge in [-0.05, 0) is 93.1 Å². The van der Waals surface area contributed by atoms with Gasteiger partial charge in [-0.15, -0.1) is 0 Å². The highest BCUT2D eigenvalue weighted by Crippen LogP contribution is 2.21. The Morgan fingerprint density at radius 2 is 1.37 bits per heavy atom. The lowest BCUT2D eigenvalue weighted by Crippen LogP contribution is -2.42. The van der Waals surface area contributed by atoms with Gasteiger partial charge in [0.15, 0.2) is 0 Å². The van der Waals surface area contributed by atoms with Crippen LogP contribution in [0.3, 0.4) is 0 Å². The van der Waals surface area contributed by atoms with Crippen LogP contribution in [0.15, 0.2) is 97.1 Å². The van der Waals surface area contributed by atoms with Gasteiger partial charge in [-0.1, -0.05) is 112 Å². The van der Waals surface area contributed by atoms with Gasteiger partial charge >= 0.3 is 5.97 Å². The summed E-state index contributed by atoms with van der Waals surface area (Å²) in [4.78, 5) is 36.9. The number of aromatic nitrogens is 2. The van der Waals surface area contributed by atoms with E-state index in [4.69, 9.17) is 5.11 Å². The Morgan fingerprint density at radius 1 is 0.754 bits per heavy atom. The highest BCUT2D eigenvalue weighted by atomic mass is 16.4. The molecule has 8 rings (SSSR count). The number of fused-ring (bicyclic) bond motifs is 2. The SMILES string of the molecule is CC.CCN(C(=O)c1cc2ccccc2[nH]1)C1CCN(CCc2ccccc2)C1.CCNC1CCN(CCc2ccccc2)C1.O=C(O)c1cc2c([nH]1)=CCCC=2. The summed E-state index contributed by atoms with van der Waals surface area (Å²) < 4.78 is 0. The number of likely N-dealkylation sites (N-methyl/N-ethyl adjacent to an activating group) is 2. The molecule has 5 aromatic rings. The Balaban J connectivity index is 0.000000175. The second-order valence-electron chi connectivity index (χ2n) is 14.8. The largest absolute Gasteiger partial charge is 0.477 e. The summed E-state index contributed by atoms with van der Waals surface area (Å²) in [6.45, 7) is 16.9. The van der Waals surface area contributed by atoms with E-state index >= 15 is 0 Å². The molecule has 2 atom stereocenters. The van der Waals surface area contributed by atoms with Gasteiger partial charge in [0.1, 0.15) is 11.4 Å².